The number of nitrogens with two attached hydrogens (primary N) is 1. The minimum absolute atomic E-state index is 0.0118. The van der Waals surface area contributed by atoms with Gasteiger partial charge in [-0.15, -0.1) is 11.6 Å². The summed E-state index contributed by atoms with van der Waals surface area (Å²) in [6.07, 6.45) is 9.61. The van der Waals surface area contributed by atoms with Gasteiger partial charge in [0.25, 0.3) is 5.91 Å². The molecule has 0 radical (unpaired) electrons. The smallest absolute Gasteiger partial charge is 0.251 e. The lowest BCUT2D eigenvalue weighted by Crippen LogP contribution is -2.40. The van der Waals surface area contributed by atoms with Gasteiger partial charge in [-0.05, 0) is 48.2 Å². The van der Waals surface area contributed by atoms with Crippen molar-refractivity contribution < 1.29 is 9.59 Å². The van der Waals surface area contributed by atoms with Gasteiger partial charge in [0, 0.05) is 43.0 Å². The van der Waals surface area contributed by atoms with Crippen molar-refractivity contribution in [3.8, 4) is 0 Å². The fourth-order valence-corrected chi connectivity index (χ4v) is 4.17. The maximum Gasteiger partial charge on any atom is 0.251 e. The van der Waals surface area contributed by atoms with E-state index in [1.54, 1.807) is 41.6 Å². The van der Waals surface area contributed by atoms with Gasteiger partial charge in [-0.1, -0.05) is 12.2 Å². The Morgan fingerprint density at radius 2 is 2.19 bits per heavy atom. The Balaban J connectivity index is 1.41. The summed E-state index contributed by atoms with van der Waals surface area (Å²) < 4.78 is 0. The molecule has 160 valence electrons. The van der Waals surface area contributed by atoms with Crippen LogP contribution in [0, 0.1) is 12.8 Å². The summed E-state index contributed by atoms with van der Waals surface area (Å²) in [5.41, 5.74) is 9.73. The summed E-state index contributed by atoms with van der Waals surface area (Å²) in [5.74, 6) is 0.418. The number of carbonyl (C=O) groups is 2. The van der Waals surface area contributed by atoms with Crippen molar-refractivity contribution >= 4 is 29.2 Å². The molecule has 0 bridgehead atoms. The number of nitrogens with one attached hydrogen (secondary N) is 1. The van der Waals surface area contributed by atoms with Crippen LogP contribution >= 0.6 is 11.6 Å². The number of halogens is 1. The molecule has 2 aromatic heterocycles. The van der Waals surface area contributed by atoms with Crippen molar-refractivity contribution in [3.05, 3.63) is 76.8 Å². The van der Waals surface area contributed by atoms with Gasteiger partial charge in [-0.2, -0.15) is 0 Å². The summed E-state index contributed by atoms with van der Waals surface area (Å²) in [7, 11) is 0. The van der Waals surface area contributed by atoms with Crippen molar-refractivity contribution in [2.24, 2.45) is 5.92 Å². The number of alkyl halides is 1. The van der Waals surface area contributed by atoms with Crippen LogP contribution in [-0.4, -0.2) is 38.6 Å². The Bertz CT molecular complexity index is 1080. The van der Waals surface area contributed by atoms with Crippen LogP contribution in [-0.2, 0) is 17.9 Å². The minimum atomic E-state index is -0.213. The van der Waals surface area contributed by atoms with E-state index in [1.807, 2.05) is 19.1 Å². The first-order valence-corrected chi connectivity index (χ1v) is 10.6. The molecule has 0 fully saturated rings. The van der Waals surface area contributed by atoms with Gasteiger partial charge in [-0.25, -0.2) is 4.98 Å². The fraction of sp³-hybridized carbons (Fsp3) is 0.304. The predicted octanol–water partition coefficient (Wildman–Crippen LogP) is 2.75. The number of allylic oxidation sites excluding steroid dienone is 2. The number of pyridine rings is 2. The molecule has 31 heavy (non-hydrogen) atoms. The molecule has 1 aliphatic heterocycles. The van der Waals surface area contributed by atoms with E-state index < -0.39 is 0 Å². The van der Waals surface area contributed by atoms with Crippen molar-refractivity contribution in [3.63, 3.8) is 0 Å². The number of aromatic nitrogens is 2. The number of anilines is 1. The monoisotopic (exact) mass is 437 g/mol. The topological polar surface area (TPSA) is 101 Å². The van der Waals surface area contributed by atoms with Crippen molar-refractivity contribution in [1.29, 1.82) is 0 Å². The molecule has 0 saturated heterocycles. The van der Waals surface area contributed by atoms with Crippen molar-refractivity contribution in [1.82, 2.24) is 20.2 Å². The van der Waals surface area contributed by atoms with Gasteiger partial charge in [-0.3, -0.25) is 14.6 Å². The molecule has 3 heterocycles. The van der Waals surface area contributed by atoms with Gasteiger partial charge in [0.2, 0.25) is 5.91 Å². The first kappa shape index (κ1) is 21.1. The number of carbonyl (C=O) groups excluding carboxylic acids is 2. The molecule has 2 amide bonds. The van der Waals surface area contributed by atoms with Crippen LogP contribution in [0.25, 0.3) is 0 Å². The Morgan fingerprint density at radius 1 is 1.35 bits per heavy atom. The standard InChI is InChI=1S/C23H24ClN5O2/c1-14-6-21(25)27-10-18(14)11-28-23(31)16-4-5-26-20(8-16)13-29-12-17-7-19(24)3-2-15(17)9-22(29)30/h2-6,8-10,17,19H,7,11-13H2,1H3,(H2,25,27)(H,28,31). The molecule has 7 nitrogen and oxygen atoms in total. The molecule has 1 aliphatic carbocycles. The highest BCUT2D eigenvalue weighted by Crippen LogP contribution is 2.31. The molecule has 0 aromatic carbocycles. The zero-order valence-corrected chi connectivity index (χ0v) is 18.0. The zero-order valence-electron chi connectivity index (χ0n) is 17.2. The summed E-state index contributed by atoms with van der Waals surface area (Å²) in [5, 5.41) is 2.89. The van der Waals surface area contributed by atoms with Gasteiger partial charge in [0.1, 0.15) is 5.82 Å². The Kier molecular flexibility index (Phi) is 6.04. The number of aryl methyl sites for hydroxylation is 1. The molecule has 2 atom stereocenters. The van der Waals surface area contributed by atoms with E-state index >= 15 is 0 Å². The van der Waals surface area contributed by atoms with E-state index in [4.69, 9.17) is 17.3 Å². The van der Waals surface area contributed by atoms with Crippen LogP contribution < -0.4 is 11.1 Å². The molecule has 2 aliphatic rings. The first-order valence-electron chi connectivity index (χ1n) is 10.2. The van der Waals surface area contributed by atoms with Crippen molar-refractivity contribution in [2.45, 2.75) is 31.8 Å². The number of rotatable bonds is 5. The van der Waals surface area contributed by atoms with E-state index in [1.165, 1.54) is 0 Å². The lowest BCUT2D eigenvalue weighted by molar-refractivity contribution is -0.128. The normalized spacial score (nSPS) is 20.3. The molecular formula is C23H24ClN5O2. The quantitative estimate of drug-likeness (QED) is 0.700. The molecule has 8 heteroatoms. The third-order valence-electron chi connectivity index (χ3n) is 5.63. The number of fused-ring (bicyclic) bond motifs is 1. The van der Waals surface area contributed by atoms with Gasteiger partial charge >= 0.3 is 0 Å². The van der Waals surface area contributed by atoms with Crippen LogP contribution in [0.3, 0.4) is 0 Å². The average molecular weight is 438 g/mol. The molecule has 2 unspecified atom stereocenters. The average Bonchev–Trinajstić information content (AvgIpc) is 2.74. The maximum absolute atomic E-state index is 12.6. The van der Waals surface area contributed by atoms with Crippen LogP contribution in [0.4, 0.5) is 5.82 Å². The SMILES string of the molecule is Cc1cc(N)ncc1CNC(=O)c1ccnc(CN2CC3CC(Cl)C=CC3=CC2=O)c1. The Labute approximate surface area is 186 Å². The Morgan fingerprint density at radius 3 is 3.00 bits per heavy atom. The first-order chi connectivity index (χ1) is 14.9. The maximum atomic E-state index is 12.6. The molecule has 2 aromatic rings. The Hall–Kier alpha value is -3.19. The largest absolute Gasteiger partial charge is 0.384 e. The molecule has 3 N–H and O–H groups in total. The van der Waals surface area contributed by atoms with E-state index in [-0.39, 0.29) is 23.1 Å². The predicted molar refractivity (Wildman–Crippen MR) is 119 cm³/mol. The number of nitrogens with zero attached hydrogens (tertiary/aromatic N) is 3. The van der Waals surface area contributed by atoms with E-state index in [0.717, 1.165) is 23.1 Å². The van der Waals surface area contributed by atoms with Crippen LogP contribution in [0.1, 0.15) is 33.6 Å². The summed E-state index contributed by atoms with van der Waals surface area (Å²) in [4.78, 5) is 35.3. The number of nitrogen functional groups attached to an aromatic ring is 1. The zero-order chi connectivity index (χ0) is 22.0. The third kappa shape index (κ3) is 4.94. The van der Waals surface area contributed by atoms with Gasteiger partial charge < -0.3 is 16.0 Å². The second-order valence-corrected chi connectivity index (χ2v) is 8.49. The highest BCUT2D eigenvalue weighted by molar-refractivity contribution is 6.22. The van der Waals surface area contributed by atoms with Crippen molar-refractivity contribution in [2.75, 3.05) is 12.3 Å². The minimum Gasteiger partial charge on any atom is -0.384 e. The van der Waals surface area contributed by atoms with Crippen LogP contribution in [0.15, 0.2) is 54.4 Å². The fourth-order valence-electron chi connectivity index (χ4n) is 3.89. The second kappa shape index (κ2) is 8.89. The van der Waals surface area contributed by atoms with E-state index in [2.05, 4.69) is 15.3 Å². The molecular weight excluding hydrogens is 414 g/mol. The van der Waals surface area contributed by atoms with Crippen LogP contribution in [0.5, 0.6) is 0 Å². The summed E-state index contributed by atoms with van der Waals surface area (Å²) >= 11 is 6.24. The lowest BCUT2D eigenvalue weighted by Gasteiger charge is -2.34. The number of amides is 2. The molecule has 4 rings (SSSR count). The summed E-state index contributed by atoms with van der Waals surface area (Å²) in [6, 6.07) is 5.16. The number of hydrogen-bond donors (Lipinski definition) is 2. The third-order valence-corrected chi connectivity index (χ3v) is 5.96. The van der Waals surface area contributed by atoms with Gasteiger partial charge in [0.15, 0.2) is 0 Å². The molecule has 0 saturated carbocycles. The second-order valence-electron chi connectivity index (χ2n) is 7.93. The summed E-state index contributed by atoms with van der Waals surface area (Å²) in [6.45, 7) is 3.22. The van der Waals surface area contributed by atoms with E-state index in [0.29, 0.717) is 36.7 Å². The molecule has 0 spiro atoms. The highest BCUT2D eigenvalue weighted by atomic mass is 35.5. The number of hydrogen-bond acceptors (Lipinski definition) is 5. The van der Waals surface area contributed by atoms with Crippen LogP contribution in [0.2, 0.25) is 0 Å². The highest BCUT2D eigenvalue weighted by Gasteiger charge is 2.29. The van der Waals surface area contributed by atoms with E-state index in [9.17, 15) is 9.59 Å². The lowest BCUT2D eigenvalue weighted by atomic mass is 9.86. The van der Waals surface area contributed by atoms with Gasteiger partial charge in [0.05, 0.1) is 17.6 Å².